The molecule has 134 valence electrons. The molecule has 0 unspecified atom stereocenters. The number of anilines is 1. The van der Waals surface area contributed by atoms with E-state index in [-0.39, 0.29) is 11.9 Å². The van der Waals surface area contributed by atoms with Gasteiger partial charge in [-0.05, 0) is 61.6 Å². The van der Waals surface area contributed by atoms with Crippen LogP contribution in [0, 0.1) is 0 Å². The second-order valence-electron chi connectivity index (χ2n) is 5.67. The summed E-state index contributed by atoms with van der Waals surface area (Å²) in [5, 5.41) is 9.66. The molecule has 25 heavy (non-hydrogen) atoms. The number of ether oxygens (including phenoxy) is 1. The van der Waals surface area contributed by atoms with Crippen molar-refractivity contribution in [3.05, 3.63) is 52.2 Å². The van der Waals surface area contributed by atoms with Gasteiger partial charge < -0.3 is 15.0 Å². The van der Waals surface area contributed by atoms with Gasteiger partial charge in [0.05, 0.1) is 12.6 Å². The largest absolute Gasteiger partial charge is 0.450 e. The Morgan fingerprint density at radius 3 is 2.72 bits per heavy atom. The fourth-order valence-electron chi connectivity index (χ4n) is 2.38. The Morgan fingerprint density at radius 2 is 2.08 bits per heavy atom. The molecule has 2 amide bonds. The lowest BCUT2D eigenvalue weighted by Gasteiger charge is -2.24. The van der Waals surface area contributed by atoms with Crippen LogP contribution in [0.2, 0.25) is 0 Å². The summed E-state index contributed by atoms with van der Waals surface area (Å²) in [7, 11) is 3.97. The normalized spacial score (nSPS) is 11.8. The van der Waals surface area contributed by atoms with Gasteiger partial charge in [-0.3, -0.25) is 10.1 Å². The average Bonchev–Trinajstić information content (AvgIpc) is 3.09. The van der Waals surface area contributed by atoms with E-state index in [9.17, 15) is 9.59 Å². The highest BCUT2D eigenvalue weighted by Gasteiger charge is 2.16. The van der Waals surface area contributed by atoms with Crippen molar-refractivity contribution in [3.8, 4) is 0 Å². The third kappa shape index (κ3) is 5.58. The summed E-state index contributed by atoms with van der Waals surface area (Å²) in [4.78, 5) is 26.0. The zero-order valence-corrected chi connectivity index (χ0v) is 15.4. The van der Waals surface area contributed by atoms with Crippen molar-refractivity contribution in [3.63, 3.8) is 0 Å². The quantitative estimate of drug-likeness (QED) is 0.793. The van der Waals surface area contributed by atoms with E-state index < -0.39 is 6.09 Å². The maximum atomic E-state index is 12.4. The van der Waals surface area contributed by atoms with Crippen molar-refractivity contribution >= 4 is 29.0 Å². The molecule has 0 aliphatic carbocycles. The maximum absolute atomic E-state index is 12.4. The predicted molar refractivity (Wildman–Crippen MR) is 100 cm³/mol. The summed E-state index contributed by atoms with van der Waals surface area (Å²) < 4.78 is 4.84. The van der Waals surface area contributed by atoms with Crippen LogP contribution in [-0.2, 0) is 4.74 Å². The van der Waals surface area contributed by atoms with Gasteiger partial charge in [0.2, 0.25) is 0 Å². The van der Waals surface area contributed by atoms with Crippen LogP contribution in [0.25, 0.3) is 0 Å². The SMILES string of the molecule is CCOC(=O)Nc1cccc(C(=O)NC[C@H](c2ccsc2)N(C)C)c1. The number of carbonyl (C=O) groups excluding carboxylic acids is 2. The second-order valence-corrected chi connectivity index (χ2v) is 6.45. The molecule has 0 radical (unpaired) electrons. The Kier molecular flexibility index (Phi) is 6.97. The first-order valence-corrected chi connectivity index (χ1v) is 8.96. The number of hydrogen-bond donors (Lipinski definition) is 2. The van der Waals surface area contributed by atoms with E-state index in [1.807, 2.05) is 19.5 Å². The van der Waals surface area contributed by atoms with Crippen molar-refractivity contribution in [2.45, 2.75) is 13.0 Å². The number of thiophene rings is 1. The smallest absolute Gasteiger partial charge is 0.411 e. The van der Waals surface area contributed by atoms with Crippen molar-refractivity contribution in [1.29, 1.82) is 0 Å². The molecule has 1 aromatic carbocycles. The van der Waals surface area contributed by atoms with Crippen LogP contribution < -0.4 is 10.6 Å². The van der Waals surface area contributed by atoms with Gasteiger partial charge >= 0.3 is 6.09 Å². The van der Waals surface area contributed by atoms with Gasteiger partial charge in [-0.2, -0.15) is 11.3 Å². The van der Waals surface area contributed by atoms with Crippen LogP contribution in [0.15, 0.2) is 41.1 Å². The number of nitrogens with one attached hydrogen (secondary N) is 2. The molecule has 0 bridgehead atoms. The molecule has 6 nitrogen and oxygen atoms in total. The van der Waals surface area contributed by atoms with Gasteiger partial charge in [0.15, 0.2) is 0 Å². The van der Waals surface area contributed by atoms with Gasteiger partial charge in [-0.15, -0.1) is 0 Å². The summed E-state index contributed by atoms with van der Waals surface area (Å²) in [5.74, 6) is -0.186. The van der Waals surface area contributed by atoms with E-state index in [1.165, 1.54) is 5.56 Å². The van der Waals surface area contributed by atoms with E-state index >= 15 is 0 Å². The minimum Gasteiger partial charge on any atom is -0.450 e. The van der Waals surface area contributed by atoms with Gasteiger partial charge in [0.25, 0.3) is 5.91 Å². The first-order valence-electron chi connectivity index (χ1n) is 8.01. The highest BCUT2D eigenvalue weighted by Crippen LogP contribution is 2.20. The second kappa shape index (κ2) is 9.19. The highest BCUT2D eigenvalue weighted by molar-refractivity contribution is 7.07. The van der Waals surface area contributed by atoms with Crippen molar-refractivity contribution < 1.29 is 14.3 Å². The highest BCUT2D eigenvalue weighted by atomic mass is 32.1. The standard InChI is InChI=1S/C18H23N3O3S/c1-4-24-18(23)20-15-7-5-6-13(10-15)17(22)19-11-16(21(2)3)14-8-9-25-12-14/h5-10,12,16H,4,11H2,1-3H3,(H,19,22)(H,20,23)/t16-/m1/s1. The first-order chi connectivity index (χ1) is 12.0. The zero-order valence-electron chi connectivity index (χ0n) is 14.6. The fraction of sp³-hybridized carbons (Fsp3) is 0.333. The lowest BCUT2D eigenvalue weighted by molar-refractivity contribution is 0.0942. The summed E-state index contributed by atoms with van der Waals surface area (Å²) >= 11 is 1.64. The van der Waals surface area contributed by atoms with Crippen LogP contribution >= 0.6 is 11.3 Å². The molecular formula is C18H23N3O3S. The molecule has 2 N–H and O–H groups in total. The van der Waals surface area contributed by atoms with Gasteiger partial charge in [0.1, 0.15) is 0 Å². The zero-order chi connectivity index (χ0) is 18.2. The Hall–Kier alpha value is -2.38. The van der Waals surface area contributed by atoms with Crippen molar-refractivity contribution in [2.24, 2.45) is 0 Å². The number of carbonyl (C=O) groups is 2. The summed E-state index contributed by atoms with van der Waals surface area (Å²) in [6, 6.07) is 8.94. The minimum atomic E-state index is -0.537. The van der Waals surface area contributed by atoms with E-state index in [4.69, 9.17) is 4.74 Å². The van der Waals surface area contributed by atoms with E-state index in [0.29, 0.717) is 24.4 Å². The maximum Gasteiger partial charge on any atom is 0.411 e. The molecular weight excluding hydrogens is 338 g/mol. The van der Waals surface area contributed by atoms with Gasteiger partial charge in [-0.1, -0.05) is 6.07 Å². The Balaban J connectivity index is 1.99. The lowest BCUT2D eigenvalue weighted by Crippen LogP contribution is -2.34. The number of rotatable bonds is 7. The molecule has 0 fully saturated rings. The van der Waals surface area contributed by atoms with Gasteiger partial charge in [0, 0.05) is 17.8 Å². The predicted octanol–water partition coefficient (Wildman–Crippen LogP) is 3.35. The molecule has 1 atom stereocenters. The molecule has 0 aliphatic heterocycles. The molecule has 1 aromatic heterocycles. The van der Waals surface area contributed by atoms with Crippen LogP contribution in [0.3, 0.4) is 0 Å². The molecule has 0 aliphatic rings. The molecule has 0 spiro atoms. The molecule has 7 heteroatoms. The third-order valence-corrected chi connectivity index (χ3v) is 4.36. The number of hydrogen-bond acceptors (Lipinski definition) is 5. The molecule has 0 saturated heterocycles. The van der Waals surface area contributed by atoms with Crippen molar-refractivity contribution in [1.82, 2.24) is 10.2 Å². The lowest BCUT2D eigenvalue weighted by atomic mass is 10.1. The Labute approximate surface area is 151 Å². The van der Waals surface area contributed by atoms with Crippen LogP contribution in [-0.4, -0.2) is 44.1 Å². The summed E-state index contributed by atoms with van der Waals surface area (Å²) in [6.45, 7) is 2.52. The number of nitrogens with zero attached hydrogens (tertiary/aromatic N) is 1. The van der Waals surface area contributed by atoms with Crippen LogP contribution in [0.5, 0.6) is 0 Å². The minimum absolute atomic E-state index is 0.107. The third-order valence-electron chi connectivity index (χ3n) is 3.65. The number of benzene rings is 1. The van der Waals surface area contributed by atoms with Crippen LogP contribution in [0.4, 0.5) is 10.5 Å². The number of likely N-dealkylation sites (N-methyl/N-ethyl adjacent to an activating group) is 1. The topological polar surface area (TPSA) is 70.7 Å². The molecule has 2 rings (SSSR count). The van der Waals surface area contributed by atoms with Crippen LogP contribution in [0.1, 0.15) is 28.9 Å². The van der Waals surface area contributed by atoms with Gasteiger partial charge in [-0.25, -0.2) is 4.79 Å². The number of amides is 2. The monoisotopic (exact) mass is 361 g/mol. The Morgan fingerprint density at radius 1 is 1.28 bits per heavy atom. The molecule has 2 aromatic rings. The van der Waals surface area contributed by atoms with Crippen molar-refractivity contribution in [2.75, 3.05) is 32.6 Å². The summed E-state index contributed by atoms with van der Waals surface area (Å²) in [5.41, 5.74) is 2.18. The fourth-order valence-corrected chi connectivity index (χ4v) is 3.08. The summed E-state index contributed by atoms with van der Waals surface area (Å²) in [6.07, 6.45) is -0.537. The average molecular weight is 361 g/mol. The molecule has 0 saturated carbocycles. The van der Waals surface area contributed by atoms with E-state index in [0.717, 1.165) is 0 Å². The molecule has 1 heterocycles. The van der Waals surface area contributed by atoms with E-state index in [1.54, 1.807) is 42.5 Å². The first kappa shape index (κ1) is 19.0. The Bertz CT molecular complexity index is 701. The van der Waals surface area contributed by atoms with E-state index in [2.05, 4.69) is 27.0 Å².